The number of rotatable bonds is 7. The second-order valence-electron chi connectivity index (χ2n) is 10.4. The van der Waals surface area contributed by atoms with E-state index in [0.717, 1.165) is 74.2 Å². The summed E-state index contributed by atoms with van der Waals surface area (Å²) in [5, 5.41) is 1.15. The smallest absolute Gasteiger partial charge is 0.225 e. The third-order valence-corrected chi connectivity index (χ3v) is 9.75. The van der Waals surface area contributed by atoms with Gasteiger partial charge in [0.2, 0.25) is 11.8 Å². The van der Waals surface area contributed by atoms with Crippen molar-refractivity contribution in [2.24, 2.45) is 0 Å². The van der Waals surface area contributed by atoms with Crippen molar-refractivity contribution >= 4 is 37.1 Å². The summed E-state index contributed by atoms with van der Waals surface area (Å²) < 4.78 is 6.19. The number of ether oxygens (including phenoxy) is 1. The van der Waals surface area contributed by atoms with E-state index in [0.29, 0.717) is 21.7 Å². The van der Waals surface area contributed by atoms with Crippen molar-refractivity contribution in [2.75, 3.05) is 64.5 Å². The maximum Gasteiger partial charge on any atom is 0.225 e. The molecule has 5 rings (SSSR count). The Morgan fingerprint density at radius 3 is 2.18 bits per heavy atom. The van der Waals surface area contributed by atoms with Crippen LogP contribution < -0.4 is 9.64 Å². The Kier molecular flexibility index (Phi) is 9.02. The minimum absolute atomic E-state index is 0.120. The molecule has 2 aliphatic heterocycles. The molecule has 202 valence electrons. The summed E-state index contributed by atoms with van der Waals surface area (Å²) in [4.78, 5) is 21.0. The van der Waals surface area contributed by atoms with Gasteiger partial charge in [-0.25, -0.2) is 15.0 Å². The zero-order valence-electron chi connectivity index (χ0n) is 22.3. The highest BCUT2D eigenvalue weighted by Crippen LogP contribution is 2.39. The zero-order valence-corrected chi connectivity index (χ0v) is 24.7. The fourth-order valence-corrected chi connectivity index (χ4v) is 6.85. The molecule has 0 N–H and O–H groups in total. The van der Waals surface area contributed by atoms with Gasteiger partial charge in [-0.05, 0) is 81.8 Å². The summed E-state index contributed by atoms with van der Waals surface area (Å²) in [6, 6.07) is 9.62. The van der Waals surface area contributed by atoms with Crippen LogP contribution in [0.1, 0.15) is 18.4 Å². The van der Waals surface area contributed by atoms with Crippen LogP contribution in [0.2, 0.25) is 10.0 Å². The minimum Gasteiger partial charge on any atom is -0.436 e. The molecule has 2 aromatic heterocycles. The average molecular weight is 574 g/mol. The van der Waals surface area contributed by atoms with Crippen LogP contribution in [0.3, 0.4) is 0 Å². The summed E-state index contributed by atoms with van der Waals surface area (Å²) in [6.45, 7) is 11.7. The van der Waals surface area contributed by atoms with Gasteiger partial charge in [-0.2, -0.15) is 0 Å². The second kappa shape index (κ2) is 12.4. The molecule has 0 unspecified atom stereocenters. The highest BCUT2D eigenvalue weighted by atomic mass is 35.5. The van der Waals surface area contributed by atoms with Crippen molar-refractivity contribution < 1.29 is 4.74 Å². The van der Waals surface area contributed by atoms with Gasteiger partial charge in [-0.1, -0.05) is 23.2 Å². The highest BCUT2D eigenvalue weighted by molar-refractivity contribution is 7.56. The van der Waals surface area contributed by atoms with E-state index in [9.17, 15) is 0 Å². The third-order valence-electron chi connectivity index (χ3n) is 7.34. The van der Waals surface area contributed by atoms with Gasteiger partial charge in [0.1, 0.15) is 0 Å². The average Bonchev–Trinajstić information content (AvgIpc) is 2.89. The van der Waals surface area contributed by atoms with Gasteiger partial charge in [0, 0.05) is 54.4 Å². The molecule has 10 heteroatoms. The number of halogens is 2. The summed E-state index contributed by atoms with van der Waals surface area (Å²) in [5.41, 5.74) is 3.65. The number of anilines is 1. The molecule has 2 fully saturated rings. The molecule has 4 heterocycles. The topological polar surface area (TPSA) is 57.6 Å². The molecule has 0 aliphatic carbocycles. The minimum atomic E-state index is 0.120. The van der Waals surface area contributed by atoms with Crippen molar-refractivity contribution in [3.8, 4) is 22.9 Å². The molecule has 0 bridgehead atoms. The largest absolute Gasteiger partial charge is 0.436 e. The van der Waals surface area contributed by atoms with Gasteiger partial charge in [0.25, 0.3) is 0 Å². The molecule has 0 atom stereocenters. The van der Waals surface area contributed by atoms with E-state index >= 15 is 0 Å². The van der Waals surface area contributed by atoms with E-state index in [1.54, 1.807) is 18.5 Å². The Hall–Kier alpha value is -2.02. The first kappa shape index (κ1) is 27.5. The van der Waals surface area contributed by atoms with Crippen molar-refractivity contribution in [3.05, 3.63) is 58.3 Å². The van der Waals surface area contributed by atoms with Crippen LogP contribution in [-0.2, 0) is 6.54 Å². The molecule has 0 amide bonds. The Balaban J connectivity index is 1.36. The van der Waals surface area contributed by atoms with E-state index in [-0.39, 0.29) is 7.92 Å². The van der Waals surface area contributed by atoms with E-state index in [1.807, 2.05) is 18.2 Å². The van der Waals surface area contributed by atoms with E-state index in [2.05, 4.69) is 51.1 Å². The van der Waals surface area contributed by atoms with Crippen LogP contribution in [0.5, 0.6) is 11.6 Å². The molecule has 0 radical (unpaired) electrons. The predicted molar refractivity (Wildman–Crippen MR) is 159 cm³/mol. The van der Waals surface area contributed by atoms with Gasteiger partial charge in [-0.15, -0.1) is 7.92 Å². The Labute approximate surface area is 236 Å². The number of piperazine rings is 1. The molecule has 2 aliphatic rings. The molecule has 2 saturated heterocycles. The predicted octanol–water partition coefficient (Wildman–Crippen LogP) is 6.10. The van der Waals surface area contributed by atoms with Gasteiger partial charge >= 0.3 is 0 Å². The Bertz CT molecular complexity index is 1210. The number of piperidine rings is 1. The van der Waals surface area contributed by atoms with Crippen molar-refractivity contribution in [2.45, 2.75) is 25.0 Å². The van der Waals surface area contributed by atoms with Crippen LogP contribution in [0.25, 0.3) is 11.3 Å². The third kappa shape index (κ3) is 7.13. The van der Waals surface area contributed by atoms with Gasteiger partial charge < -0.3 is 14.5 Å². The quantitative estimate of drug-likeness (QED) is 0.317. The van der Waals surface area contributed by atoms with Crippen molar-refractivity contribution in [1.29, 1.82) is 0 Å². The standard InChI is InChI=1S/C28H35Cl2N6OP/c1-34-8-10-36(11-9-34)28-31-17-24(18-32-28)37-27-13-20(19-35-6-4-25(5-7-35)38(2)3)12-26(33-27)21-14-22(29)16-23(30)15-21/h12-18,25H,4-11,19H2,1-3H3. The molecule has 0 spiro atoms. The van der Waals surface area contributed by atoms with Crippen molar-refractivity contribution in [1.82, 2.24) is 24.8 Å². The first-order chi connectivity index (χ1) is 18.3. The van der Waals surface area contributed by atoms with Gasteiger partial charge in [0.15, 0.2) is 5.75 Å². The summed E-state index contributed by atoms with van der Waals surface area (Å²) in [5.74, 6) is 1.79. The van der Waals surface area contributed by atoms with E-state index in [4.69, 9.17) is 32.9 Å². The lowest BCUT2D eigenvalue weighted by Gasteiger charge is -2.34. The molecular weight excluding hydrogens is 538 g/mol. The Morgan fingerprint density at radius 2 is 1.55 bits per heavy atom. The van der Waals surface area contributed by atoms with Crippen LogP contribution >= 0.6 is 31.1 Å². The second-order valence-corrected chi connectivity index (χ2v) is 14.0. The fourth-order valence-electron chi connectivity index (χ4n) is 5.06. The molecule has 3 aromatic rings. The van der Waals surface area contributed by atoms with Gasteiger partial charge in [0.05, 0.1) is 18.1 Å². The number of likely N-dealkylation sites (tertiary alicyclic amines) is 1. The monoisotopic (exact) mass is 572 g/mol. The van der Waals surface area contributed by atoms with Crippen LogP contribution in [0, 0.1) is 0 Å². The lowest BCUT2D eigenvalue weighted by Crippen LogP contribution is -2.45. The molecule has 7 nitrogen and oxygen atoms in total. The number of hydrogen-bond acceptors (Lipinski definition) is 7. The van der Waals surface area contributed by atoms with Crippen molar-refractivity contribution in [3.63, 3.8) is 0 Å². The number of benzene rings is 1. The number of nitrogens with zero attached hydrogens (tertiary/aromatic N) is 6. The number of pyridine rings is 1. The SMILES string of the molecule is CN1CCN(c2ncc(Oc3cc(CN4CCC(P(C)C)CC4)cc(-c4cc(Cl)cc(Cl)c4)n3)cn2)CC1. The number of likely N-dealkylation sites (N-methyl/N-ethyl adjacent to an activating group) is 1. The molecule has 38 heavy (non-hydrogen) atoms. The molecule has 1 aromatic carbocycles. The summed E-state index contributed by atoms with van der Waals surface area (Å²) in [7, 11) is 2.26. The van der Waals surface area contributed by atoms with E-state index < -0.39 is 0 Å². The lowest BCUT2D eigenvalue weighted by atomic mass is 10.1. The lowest BCUT2D eigenvalue weighted by molar-refractivity contribution is 0.223. The maximum absolute atomic E-state index is 6.32. The number of hydrogen-bond donors (Lipinski definition) is 0. The van der Waals surface area contributed by atoms with Gasteiger partial charge in [-0.3, -0.25) is 4.90 Å². The molecule has 0 saturated carbocycles. The number of aromatic nitrogens is 3. The Morgan fingerprint density at radius 1 is 0.895 bits per heavy atom. The first-order valence-corrected chi connectivity index (χ1v) is 16.2. The van der Waals surface area contributed by atoms with Crippen LogP contribution in [-0.4, -0.2) is 90.1 Å². The van der Waals surface area contributed by atoms with E-state index in [1.165, 1.54) is 12.8 Å². The normalized spacial score (nSPS) is 17.8. The zero-order chi connectivity index (χ0) is 26.6. The molecular formula is C28H35Cl2N6OP. The fraction of sp³-hybridized carbons (Fsp3) is 0.464. The summed E-state index contributed by atoms with van der Waals surface area (Å²) >= 11 is 12.6. The van der Waals surface area contributed by atoms with Crippen LogP contribution in [0.4, 0.5) is 5.95 Å². The van der Waals surface area contributed by atoms with Crippen LogP contribution in [0.15, 0.2) is 42.7 Å². The highest BCUT2D eigenvalue weighted by Gasteiger charge is 2.22. The summed E-state index contributed by atoms with van der Waals surface area (Å²) in [6.07, 6.45) is 5.98. The first-order valence-electron chi connectivity index (χ1n) is 13.1. The maximum atomic E-state index is 6.32.